The molecule has 4 heterocycles. The van der Waals surface area contributed by atoms with Crippen LogP contribution in [0.1, 0.15) is 53.3 Å². The van der Waals surface area contributed by atoms with Gasteiger partial charge in [0.15, 0.2) is 5.76 Å². The molecule has 0 aliphatic carbocycles. The highest BCUT2D eigenvalue weighted by atomic mass is 16.3. The second kappa shape index (κ2) is 6.20. The molecule has 0 saturated carbocycles. The number of hydrogen-bond acceptors (Lipinski definition) is 5. The summed E-state index contributed by atoms with van der Waals surface area (Å²) in [6.45, 7) is 2.40. The first-order valence-corrected chi connectivity index (χ1v) is 9.52. The third-order valence-electron chi connectivity index (χ3n) is 6.00. The molecule has 7 nitrogen and oxygen atoms in total. The second-order valence-corrected chi connectivity index (χ2v) is 7.59. The molecule has 2 aromatic rings. The van der Waals surface area contributed by atoms with E-state index >= 15 is 0 Å². The molecule has 0 bridgehead atoms. The zero-order valence-corrected chi connectivity index (χ0v) is 14.9. The molecule has 2 fully saturated rings. The van der Waals surface area contributed by atoms with Crippen molar-refractivity contribution in [3.8, 4) is 0 Å². The van der Waals surface area contributed by atoms with Crippen LogP contribution in [-0.2, 0) is 16.1 Å². The van der Waals surface area contributed by atoms with Crippen molar-refractivity contribution < 1.29 is 18.8 Å². The van der Waals surface area contributed by atoms with E-state index in [-0.39, 0.29) is 18.2 Å². The average molecular weight is 367 g/mol. The Morgan fingerprint density at radius 3 is 2.67 bits per heavy atom. The molecule has 3 amide bonds. The van der Waals surface area contributed by atoms with Gasteiger partial charge in [0.2, 0.25) is 11.8 Å². The van der Waals surface area contributed by atoms with Gasteiger partial charge in [-0.2, -0.15) is 0 Å². The standard InChI is InChI=1S/C20H21N3O4/c24-17-4-3-15(19(25)22-17)23-10-14-13-2-1-12(11-5-7-21-8-6-11)9-16(13)27-18(14)20(23)26/h1-2,9,11,15,21H,3-8,10H2,(H,22,24,25). The van der Waals surface area contributed by atoms with Gasteiger partial charge in [0.1, 0.15) is 11.6 Å². The lowest BCUT2D eigenvalue weighted by molar-refractivity contribution is -0.136. The van der Waals surface area contributed by atoms with E-state index in [1.54, 1.807) is 0 Å². The quantitative estimate of drug-likeness (QED) is 0.788. The van der Waals surface area contributed by atoms with Crippen LogP contribution in [0, 0.1) is 0 Å². The molecule has 140 valence electrons. The number of amides is 3. The molecule has 0 spiro atoms. The monoisotopic (exact) mass is 367 g/mol. The van der Waals surface area contributed by atoms with Gasteiger partial charge in [0.05, 0.1) is 6.54 Å². The van der Waals surface area contributed by atoms with Crippen LogP contribution in [0.15, 0.2) is 22.6 Å². The van der Waals surface area contributed by atoms with Gasteiger partial charge in [0.25, 0.3) is 5.91 Å². The van der Waals surface area contributed by atoms with E-state index in [0.717, 1.165) is 42.5 Å². The molecular weight excluding hydrogens is 346 g/mol. The van der Waals surface area contributed by atoms with Crippen LogP contribution in [-0.4, -0.2) is 41.8 Å². The van der Waals surface area contributed by atoms with Crippen LogP contribution < -0.4 is 10.6 Å². The highest BCUT2D eigenvalue weighted by molar-refractivity contribution is 6.06. The summed E-state index contributed by atoms with van der Waals surface area (Å²) in [5, 5.41) is 6.63. The predicted octanol–water partition coefficient (Wildman–Crippen LogP) is 1.66. The number of carbonyl (C=O) groups excluding carboxylic acids is 3. The van der Waals surface area contributed by atoms with Crippen molar-refractivity contribution in [2.24, 2.45) is 0 Å². The van der Waals surface area contributed by atoms with Crippen molar-refractivity contribution in [1.82, 2.24) is 15.5 Å². The van der Waals surface area contributed by atoms with Crippen molar-refractivity contribution >= 4 is 28.7 Å². The third-order valence-corrected chi connectivity index (χ3v) is 6.00. The van der Waals surface area contributed by atoms with E-state index in [0.29, 0.717) is 24.6 Å². The number of benzene rings is 1. The molecular formula is C20H21N3O4. The number of imide groups is 1. The van der Waals surface area contributed by atoms with Crippen LogP contribution in [0.25, 0.3) is 11.0 Å². The van der Waals surface area contributed by atoms with Crippen molar-refractivity contribution in [3.05, 3.63) is 35.1 Å². The number of carbonyl (C=O) groups is 3. The van der Waals surface area contributed by atoms with Gasteiger partial charge in [-0.15, -0.1) is 0 Å². The first-order chi connectivity index (χ1) is 13.1. The zero-order valence-electron chi connectivity index (χ0n) is 14.9. The molecule has 2 N–H and O–H groups in total. The van der Waals surface area contributed by atoms with E-state index < -0.39 is 11.9 Å². The Kier molecular flexibility index (Phi) is 3.79. The lowest BCUT2D eigenvalue weighted by atomic mass is 9.90. The highest BCUT2D eigenvalue weighted by Gasteiger charge is 2.42. The summed E-state index contributed by atoms with van der Waals surface area (Å²) >= 11 is 0. The Morgan fingerprint density at radius 2 is 1.89 bits per heavy atom. The third kappa shape index (κ3) is 2.65. The van der Waals surface area contributed by atoms with Gasteiger partial charge in [-0.25, -0.2) is 0 Å². The molecule has 3 aliphatic heterocycles. The van der Waals surface area contributed by atoms with Crippen LogP contribution in [0.5, 0.6) is 0 Å². The summed E-state index contributed by atoms with van der Waals surface area (Å²) in [7, 11) is 0. The Balaban J connectivity index is 1.44. The maximum absolute atomic E-state index is 12.8. The SMILES string of the molecule is O=C1CCC(N2Cc3c(oc4cc(C5CCNCC5)ccc34)C2=O)C(=O)N1. The van der Waals surface area contributed by atoms with Crippen molar-refractivity contribution in [2.45, 2.75) is 44.2 Å². The average Bonchev–Trinajstić information content (AvgIpc) is 3.19. The fraction of sp³-hybridized carbons (Fsp3) is 0.450. The minimum absolute atomic E-state index is 0.252. The Hall–Kier alpha value is -2.67. The number of nitrogens with zero attached hydrogens (tertiary/aromatic N) is 1. The minimum Gasteiger partial charge on any atom is -0.451 e. The van der Waals surface area contributed by atoms with Gasteiger partial charge in [0, 0.05) is 17.4 Å². The lowest BCUT2D eigenvalue weighted by Gasteiger charge is -2.29. The molecule has 1 aromatic heterocycles. The smallest absolute Gasteiger partial charge is 0.290 e. The Labute approximate surface area is 156 Å². The van der Waals surface area contributed by atoms with Gasteiger partial charge >= 0.3 is 0 Å². The minimum atomic E-state index is -0.609. The molecule has 2 saturated heterocycles. The molecule has 5 rings (SSSR count). The summed E-state index contributed by atoms with van der Waals surface area (Å²) in [6, 6.07) is 5.62. The molecule has 7 heteroatoms. The van der Waals surface area contributed by atoms with Crippen LogP contribution in [0.4, 0.5) is 0 Å². The Morgan fingerprint density at radius 1 is 1.07 bits per heavy atom. The summed E-state index contributed by atoms with van der Waals surface area (Å²) in [6.07, 6.45) is 2.82. The predicted molar refractivity (Wildman–Crippen MR) is 97.1 cm³/mol. The van der Waals surface area contributed by atoms with Gasteiger partial charge in [-0.05, 0) is 49.9 Å². The summed E-state index contributed by atoms with van der Waals surface area (Å²) in [5.74, 6) is -0.0970. The summed E-state index contributed by atoms with van der Waals surface area (Å²) in [5.41, 5.74) is 2.84. The number of fused-ring (bicyclic) bond motifs is 3. The number of furan rings is 1. The molecule has 27 heavy (non-hydrogen) atoms. The molecule has 1 atom stereocenters. The number of hydrogen-bond donors (Lipinski definition) is 2. The first kappa shape index (κ1) is 16.5. The van der Waals surface area contributed by atoms with Crippen LogP contribution in [0.2, 0.25) is 0 Å². The van der Waals surface area contributed by atoms with Gasteiger partial charge in [-0.1, -0.05) is 12.1 Å². The van der Waals surface area contributed by atoms with E-state index in [4.69, 9.17) is 4.42 Å². The van der Waals surface area contributed by atoms with Crippen molar-refractivity contribution in [2.75, 3.05) is 13.1 Å². The maximum Gasteiger partial charge on any atom is 0.290 e. The van der Waals surface area contributed by atoms with E-state index in [2.05, 4.69) is 22.8 Å². The molecule has 1 unspecified atom stereocenters. The van der Waals surface area contributed by atoms with E-state index in [1.807, 2.05) is 6.07 Å². The lowest BCUT2D eigenvalue weighted by Crippen LogP contribution is -2.52. The van der Waals surface area contributed by atoms with Crippen molar-refractivity contribution in [1.29, 1.82) is 0 Å². The number of piperidine rings is 2. The summed E-state index contributed by atoms with van der Waals surface area (Å²) < 4.78 is 5.93. The topological polar surface area (TPSA) is 91.7 Å². The normalized spacial score (nSPS) is 23.8. The fourth-order valence-corrected chi connectivity index (χ4v) is 4.51. The van der Waals surface area contributed by atoms with Crippen molar-refractivity contribution in [3.63, 3.8) is 0 Å². The van der Waals surface area contributed by atoms with Gasteiger partial charge in [-0.3, -0.25) is 19.7 Å². The number of rotatable bonds is 2. The van der Waals surface area contributed by atoms with Gasteiger partial charge < -0.3 is 14.6 Å². The molecule has 1 aromatic carbocycles. The maximum atomic E-state index is 12.8. The molecule has 0 radical (unpaired) electrons. The van der Waals surface area contributed by atoms with E-state index in [9.17, 15) is 14.4 Å². The second-order valence-electron chi connectivity index (χ2n) is 7.59. The highest BCUT2D eigenvalue weighted by Crippen LogP contribution is 2.37. The van der Waals surface area contributed by atoms with Crippen LogP contribution >= 0.6 is 0 Å². The number of nitrogens with one attached hydrogen (secondary N) is 2. The summed E-state index contributed by atoms with van der Waals surface area (Å²) in [4.78, 5) is 37.9. The Bertz CT molecular complexity index is 958. The largest absolute Gasteiger partial charge is 0.451 e. The van der Waals surface area contributed by atoms with Crippen LogP contribution in [0.3, 0.4) is 0 Å². The van der Waals surface area contributed by atoms with E-state index in [1.165, 1.54) is 10.5 Å². The zero-order chi connectivity index (χ0) is 18.5. The molecule has 3 aliphatic rings. The fourth-order valence-electron chi connectivity index (χ4n) is 4.51. The first-order valence-electron chi connectivity index (χ1n) is 9.52.